The molecule has 0 amide bonds. The monoisotopic (exact) mass is 314 g/mol. The molecule has 2 nitrogen and oxygen atoms in total. The minimum absolute atomic E-state index is 0.164. The molecular formula is C21H30O2. The molecule has 3 rings (SSSR count). The largest absolute Gasteiger partial charge is 0.393 e. The summed E-state index contributed by atoms with van der Waals surface area (Å²) in [6.07, 6.45) is 12.5. The Bertz CT molecular complexity index is 568. The molecule has 126 valence electrons. The normalized spacial score (nSPS) is 41.3. The second kappa shape index (κ2) is 6.39. The first kappa shape index (κ1) is 16.7. The molecule has 0 aromatic rings. The van der Waals surface area contributed by atoms with Gasteiger partial charge in [0.15, 0.2) is 0 Å². The second-order valence-electron chi connectivity index (χ2n) is 8.09. The predicted molar refractivity (Wildman–Crippen MR) is 94.0 cm³/mol. The molecule has 0 saturated heterocycles. The lowest BCUT2D eigenvalue weighted by Crippen LogP contribution is -2.36. The molecule has 3 fully saturated rings. The van der Waals surface area contributed by atoms with Crippen molar-refractivity contribution >= 4 is 5.78 Å². The number of ketones is 1. The van der Waals surface area contributed by atoms with Crippen LogP contribution in [0.1, 0.15) is 65.2 Å². The fourth-order valence-electron chi connectivity index (χ4n) is 5.30. The zero-order chi connectivity index (χ0) is 16.6. The van der Waals surface area contributed by atoms with Gasteiger partial charge in [-0.1, -0.05) is 36.8 Å². The summed E-state index contributed by atoms with van der Waals surface area (Å²) in [6.45, 7) is 8.26. The lowest BCUT2D eigenvalue weighted by molar-refractivity contribution is -0.124. The van der Waals surface area contributed by atoms with Gasteiger partial charge < -0.3 is 5.11 Å². The predicted octanol–water partition coefficient (Wildman–Crippen LogP) is 4.75. The Kier molecular flexibility index (Phi) is 4.64. The molecule has 0 radical (unpaired) electrons. The Labute approximate surface area is 140 Å². The maximum atomic E-state index is 12.0. The van der Waals surface area contributed by atoms with Gasteiger partial charge in [-0.15, -0.1) is 0 Å². The molecular weight excluding hydrogens is 284 g/mol. The van der Waals surface area contributed by atoms with Crippen molar-refractivity contribution in [2.45, 2.75) is 71.3 Å². The molecule has 3 saturated carbocycles. The van der Waals surface area contributed by atoms with Crippen molar-refractivity contribution in [3.63, 3.8) is 0 Å². The fraction of sp³-hybridized carbons (Fsp3) is 0.667. The molecule has 0 unspecified atom stereocenters. The van der Waals surface area contributed by atoms with Crippen LogP contribution in [0.4, 0.5) is 0 Å². The van der Waals surface area contributed by atoms with E-state index in [2.05, 4.69) is 25.7 Å². The lowest BCUT2D eigenvalue weighted by atomic mass is 9.63. The number of Topliss-reactive ketones (excluding diaryl/α,β-unsaturated/α-hetero) is 1. The highest BCUT2D eigenvalue weighted by atomic mass is 16.3. The summed E-state index contributed by atoms with van der Waals surface area (Å²) < 4.78 is 0. The molecule has 0 bridgehead atoms. The fourth-order valence-corrected chi connectivity index (χ4v) is 5.30. The van der Waals surface area contributed by atoms with Crippen molar-refractivity contribution in [3.05, 3.63) is 35.5 Å². The van der Waals surface area contributed by atoms with Crippen LogP contribution in [-0.4, -0.2) is 17.0 Å². The van der Waals surface area contributed by atoms with Crippen LogP contribution in [0.2, 0.25) is 0 Å². The molecule has 4 atom stereocenters. The average Bonchev–Trinajstić information content (AvgIpc) is 2.86. The van der Waals surface area contributed by atoms with E-state index in [1.54, 1.807) is 6.92 Å². The zero-order valence-electron chi connectivity index (χ0n) is 14.6. The summed E-state index contributed by atoms with van der Waals surface area (Å²) >= 11 is 0. The van der Waals surface area contributed by atoms with E-state index in [1.807, 2.05) is 0 Å². The third-order valence-electron chi connectivity index (χ3n) is 6.64. The number of rotatable bonds is 2. The zero-order valence-corrected chi connectivity index (χ0v) is 14.6. The van der Waals surface area contributed by atoms with Gasteiger partial charge in [-0.3, -0.25) is 4.79 Å². The van der Waals surface area contributed by atoms with Gasteiger partial charge in [-0.05, 0) is 75.2 Å². The number of aliphatic hydroxyl groups excluding tert-OH is 1. The molecule has 23 heavy (non-hydrogen) atoms. The van der Waals surface area contributed by atoms with E-state index < -0.39 is 0 Å². The summed E-state index contributed by atoms with van der Waals surface area (Å²) in [5.41, 5.74) is 4.07. The Morgan fingerprint density at radius 1 is 1.26 bits per heavy atom. The van der Waals surface area contributed by atoms with E-state index in [0.29, 0.717) is 11.7 Å². The molecule has 2 heteroatoms. The molecule has 0 aliphatic heterocycles. The van der Waals surface area contributed by atoms with Crippen LogP contribution in [0.5, 0.6) is 0 Å². The molecule has 0 aromatic heterocycles. The van der Waals surface area contributed by atoms with Crippen LogP contribution in [0, 0.1) is 17.3 Å². The molecule has 0 spiro atoms. The van der Waals surface area contributed by atoms with E-state index in [9.17, 15) is 9.90 Å². The first-order valence-electron chi connectivity index (χ1n) is 9.18. The molecule has 3 aliphatic carbocycles. The average molecular weight is 314 g/mol. The SMILES string of the molecule is C=C1CC[C@H](O)C/C1=C/C=C1\CCC[C@]2(C)[C@@H](C(C)=O)CC[C@@H]12. The topological polar surface area (TPSA) is 37.3 Å². The first-order chi connectivity index (χ1) is 10.9. The molecule has 1 N–H and O–H groups in total. The summed E-state index contributed by atoms with van der Waals surface area (Å²) in [7, 11) is 0. The summed E-state index contributed by atoms with van der Waals surface area (Å²) in [5, 5.41) is 9.88. The highest BCUT2D eigenvalue weighted by molar-refractivity contribution is 5.79. The number of carbonyl (C=O) groups is 1. The van der Waals surface area contributed by atoms with Crippen molar-refractivity contribution < 1.29 is 9.90 Å². The van der Waals surface area contributed by atoms with Gasteiger partial charge in [-0.25, -0.2) is 0 Å². The molecule has 0 heterocycles. The van der Waals surface area contributed by atoms with Gasteiger partial charge in [-0.2, -0.15) is 0 Å². The van der Waals surface area contributed by atoms with Crippen LogP contribution in [0.15, 0.2) is 35.5 Å². The number of fused-ring (bicyclic) bond motifs is 1. The van der Waals surface area contributed by atoms with Gasteiger partial charge in [0, 0.05) is 5.92 Å². The van der Waals surface area contributed by atoms with Crippen LogP contribution in [0.25, 0.3) is 0 Å². The van der Waals surface area contributed by atoms with Crippen molar-refractivity contribution in [2.75, 3.05) is 0 Å². The van der Waals surface area contributed by atoms with Crippen LogP contribution >= 0.6 is 0 Å². The van der Waals surface area contributed by atoms with E-state index in [4.69, 9.17) is 0 Å². The Balaban J connectivity index is 1.83. The highest BCUT2D eigenvalue weighted by Crippen LogP contribution is 2.57. The lowest BCUT2D eigenvalue weighted by Gasteiger charge is -2.41. The van der Waals surface area contributed by atoms with Gasteiger partial charge in [0.25, 0.3) is 0 Å². The quantitative estimate of drug-likeness (QED) is 0.799. The van der Waals surface area contributed by atoms with Crippen LogP contribution in [-0.2, 0) is 4.79 Å². The van der Waals surface area contributed by atoms with Gasteiger partial charge in [0.05, 0.1) is 6.10 Å². The summed E-state index contributed by atoms with van der Waals surface area (Å²) in [6, 6.07) is 0. The van der Waals surface area contributed by atoms with Crippen molar-refractivity contribution in [3.8, 4) is 0 Å². The van der Waals surface area contributed by atoms with E-state index >= 15 is 0 Å². The van der Waals surface area contributed by atoms with Crippen molar-refractivity contribution in [2.24, 2.45) is 17.3 Å². The van der Waals surface area contributed by atoms with Crippen LogP contribution < -0.4 is 0 Å². The number of carbonyl (C=O) groups excluding carboxylic acids is 1. The van der Waals surface area contributed by atoms with Crippen molar-refractivity contribution in [1.29, 1.82) is 0 Å². The summed E-state index contributed by atoms with van der Waals surface area (Å²) in [4.78, 5) is 12.0. The standard InChI is InChI=1S/C21H30O2/c1-14-6-9-18(23)13-17(14)8-7-16-5-4-12-21(3)19(15(2)22)10-11-20(16)21/h7-8,18-20,23H,1,4-6,9-13H2,2-3H3/b16-7+,17-8-/t18-,19+,20-,21+/m0/s1. The van der Waals surface area contributed by atoms with Crippen molar-refractivity contribution in [1.82, 2.24) is 0 Å². The molecule has 0 aromatic carbocycles. The van der Waals surface area contributed by atoms with Crippen LogP contribution in [0.3, 0.4) is 0 Å². The number of hydrogen-bond acceptors (Lipinski definition) is 2. The Morgan fingerprint density at radius 2 is 2.04 bits per heavy atom. The third-order valence-corrected chi connectivity index (χ3v) is 6.64. The maximum absolute atomic E-state index is 12.0. The third kappa shape index (κ3) is 3.10. The minimum atomic E-state index is -0.213. The van der Waals surface area contributed by atoms with Gasteiger partial charge in [0.2, 0.25) is 0 Å². The Hall–Kier alpha value is -1.15. The maximum Gasteiger partial charge on any atom is 0.133 e. The number of allylic oxidation sites excluding steroid dienone is 4. The van der Waals surface area contributed by atoms with E-state index in [1.165, 1.54) is 29.6 Å². The van der Waals surface area contributed by atoms with Gasteiger partial charge in [0.1, 0.15) is 5.78 Å². The smallest absolute Gasteiger partial charge is 0.133 e. The van der Waals surface area contributed by atoms with Gasteiger partial charge >= 0.3 is 0 Å². The Morgan fingerprint density at radius 3 is 2.78 bits per heavy atom. The highest BCUT2D eigenvalue weighted by Gasteiger charge is 2.50. The van der Waals surface area contributed by atoms with E-state index in [0.717, 1.165) is 38.5 Å². The molecule has 3 aliphatic rings. The first-order valence-corrected chi connectivity index (χ1v) is 9.18. The minimum Gasteiger partial charge on any atom is -0.393 e. The number of hydrogen-bond donors (Lipinski definition) is 1. The second-order valence-corrected chi connectivity index (χ2v) is 8.09. The van der Waals surface area contributed by atoms with E-state index in [-0.39, 0.29) is 17.4 Å². The number of aliphatic hydroxyl groups is 1. The summed E-state index contributed by atoms with van der Waals surface area (Å²) in [5.74, 6) is 1.18.